The van der Waals surface area contributed by atoms with E-state index in [2.05, 4.69) is 28.3 Å². The molecule has 0 radical (unpaired) electrons. The van der Waals surface area contributed by atoms with E-state index in [1.807, 2.05) is 18.2 Å². The Hall–Kier alpha value is -1.39. The Morgan fingerprint density at radius 2 is 1.94 bits per heavy atom. The van der Waals surface area contributed by atoms with Crippen molar-refractivity contribution < 1.29 is 4.79 Å². The molecule has 1 aliphatic carbocycles. The molecule has 0 spiro atoms. The van der Waals surface area contributed by atoms with Crippen molar-refractivity contribution >= 4 is 5.91 Å². The molecule has 0 aromatic heterocycles. The first-order valence-electron chi connectivity index (χ1n) is 6.19. The van der Waals surface area contributed by atoms with Crippen molar-refractivity contribution in [3.8, 4) is 0 Å². The second kappa shape index (κ2) is 4.47. The molecule has 4 heteroatoms. The van der Waals surface area contributed by atoms with Crippen LogP contribution in [0.15, 0.2) is 30.3 Å². The van der Waals surface area contributed by atoms with Crippen LogP contribution in [0.3, 0.4) is 0 Å². The van der Waals surface area contributed by atoms with Gasteiger partial charge in [0.05, 0.1) is 0 Å². The van der Waals surface area contributed by atoms with Gasteiger partial charge in [0.2, 0.25) is 5.91 Å². The molecule has 2 aliphatic rings. The molecule has 1 saturated heterocycles. The molecule has 90 valence electrons. The van der Waals surface area contributed by atoms with Crippen LogP contribution in [-0.2, 0) is 4.79 Å². The van der Waals surface area contributed by atoms with E-state index in [0.717, 1.165) is 19.3 Å². The SMILES string of the molecule is O=C(NC1CC1)C1CC(c2ccccc2)NN1. The zero-order valence-corrected chi connectivity index (χ0v) is 9.65. The highest BCUT2D eigenvalue weighted by molar-refractivity contribution is 5.82. The van der Waals surface area contributed by atoms with Gasteiger partial charge in [-0.1, -0.05) is 30.3 Å². The third-order valence-corrected chi connectivity index (χ3v) is 3.35. The predicted molar refractivity (Wildman–Crippen MR) is 65.0 cm³/mol. The fraction of sp³-hybridized carbons (Fsp3) is 0.462. The first-order chi connectivity index (χ1) is 8.33. The largest absolute Gasteiger partial charge is 0.352 e. The van der Waals surface area contributed by atoms with Gasteiger partial charge in [0.25, 0.3) is 0 Å². The molecule has 1 aliphatic heterocycles. The molecule has 2 fully saturated rings. The van der Waals surface area contributed by atoms with Gasteiger partial charge < -0.3 is 5.32 Å². The summed E-state index contributed by atoms with van der Waals surface area (Å²) >= 11 is 0. The van der Waals surface area contributed by atoms with E-state index >= 15 is 0 Å². The Morgan fingerprint density at radius 1 is 1.18 bits per heavy atom. The van der Waals surface area contributed by atoms with E-state index in [1.165, 1.54) is 5.56 Å². The van der Waals surface area contributed by atoms with Crippen LogP contribution >= 0.6 is 0 Å². The molecule has 1 saturated carbocycles. The summed E-state index contributed by atoms with van der Waals surface area (Å²) in [6.45, 7) is 0. The van der Waals surface area contributed by atoms with Crippen molar-refractivity contribution in [3.05, 3.63) is 35.9 Å². The number of carbonyl (C=O) groups is 1. The van der Waals surface area contributed by atoms with E-state index in [-0.39, 0.29) is 18.0 Å². The average Bonchev–Trinajstić information content (AvgIpc) is 3.04. The molecule has 2 unspecified atom stereocenters. The number of nitrogens with one attached hydrogen (secondary N) is 3. The summed E-state index contributed by atoms with van der Waals surface area (Å²) in [6, 6.07) is 10.8. The van der Waals surface area contributed by atoms with Crippen molar-refractivity contribution in [2.45, 2.75) is 37.4 Å². The Balaban J connectivity index is 1.59. The van der Waals surface area contributed by atoms with Crippen LogP contribution in [-0.4, -0.2) is 18.0 Å². The van der Waals surface area contributed by atoms with Gasteiger partial charge in [-0.05, 0) is 24.8 Å². The molecular formula is C13H17N3O. The van der Waals surface area contributed by atoms with E-state index in [1.54, 1.807) is 0 Å². The normalized spacial score (nSPS) is 28.0. The maximum absolute atomic E-state index is 11.9. The number of hydrogen-bond donors (Lipinski definition) is 3. The zero-order chi connectivity index (χ0) is 11.7. The maximum atomic E-state index is 11.9. The lowest BCUT2D eigenvalue weighted by Gasteiger charge is -2.09. The molecule has 0 bridgehead atoms. The van der Waals surface area contributed by atoms with Crippen molar-refractivity contribution in [1.29, 1.82) is 0 Å². The van der Waals surface area contributed by atoms with Gasteiger partial charge in [0, 0.05) is 12.1 Å². The molecular weight excluding hydrogens is 214 g/mol. The second-order valence-corrected chi connectivity index (χ2v) is 4.82. The van der Waals surface area contributed by atoms with Crippen LogP contribution in [0, 0.1) is 0 Å². The monoisotopic (exact) mass is 231 g/mol. The van der Waals surface area contributed by atoms with Gasteiger partial charge in [-0.2, -0.15) is 0 Å². The molecule has 1 aromatic rings. The molecule has 4 nitrogen and oxygen atoms in total. The minimum atomic E-state index is -0.110. The van der Waals surface area contributed by atoms with Crippen LogP contribution in [0.4, 0.5) is 0 Å². The fourth-order valence-corrected chi connectivity index (χ4v) is 2.16. The standard InChI is InChI=1S/C13H17N3O/c17-13(14-10-6-7-10)12-8-11(15-16-12)9-4-2-1-3-5-9/h1-5,10-12,15-16H,6-8H2,(H,14,17). The molecule has 1 heterocycles. The van der Waals surface area contributed by atoms with E-state index in [4.69, 9.17) is 0 Å². The minimum absolute atomic E-state index is 0.110. The van der Waals surface area contributed by atoms with Crippen molar-refractivity contribution in [2.24, 2.45) is 0 Å². The quantitative estimate of drug-likeness (QED) is 0.723. The Labute approximate surface area is 101 Å². The van der Waals surface area contributed by atoms with Crippen LogP contribution < -0.4 is 16.2 Å². The Morgan fingerprint density at radius 3 is 2.65 bits per heavy atom. The first-order valence-corrected chi connectivity index (χ1v) is 6.19. The second-order valence-electron chi connectivity index (χ2n) is 4.82. The number of hydrogen-bond acceptors (Lipinski definition) is 3. The number of benzene rings is 1. The summed E-state index contributed by atoms with van der Waals surface area (Å²) in [5.41, 5.74) is 7.49. The van der Waals surface area contributed by atoms with Crippen LogP contribution in [0.1, 0.15) is 30.9 Å². The maximum Gasteiger partial charge on any atom is 0.238 e. The highest BCUT2D eigenvalue weighted by Crippen LogP contribution is 2.23. The van der Waals surface area contributed by atoms with Crippen LogP contribution in [0.25, 0.3) is 0 Å². The molecule has 2 atom stereocenters. The lowest BCUT2D eigenvalue weighted by Crippen LogP contribution is -2.43. The van der Waals surface area contributed by atoms with Gasteiger partial charge in [-0.15, -0.1) is 0 Å². The Bertz CT molecular complexity index is 402. The van der Waals surface area contributed by atoms with Gasteiger partial charge in [0.1, 0.15) is 6.04 Å². The number of hydrazine groups is 1. The molecule has 1 amide bonds. The summed E-state index contributed by atoms with van der Waals surface area (Å²) in [5.74, 6) is 0.124. The summed E-state index contributed by atoms with van der Waals surface area (Å²) in [5, 5.41) is 3.03. The highest BCUT2D eigenvalue weighted by atomic mass is 16.2. The van der Waals surface area contributed by atoms with Gasteiger partial charge >= 0.3 is 0 Å². The smallest absolute Gasteiger partial charge is 0.238 e. The number of rotatable bonds is 3. The molecule has 17 heavy (non-hydrogen) atoms. The van der Waals surface area contributed by atoms with E-state index in [0.29, 0.717) is 6.04 Å². The lowest BCUT2D eigenvalue weighted by atomic mass is 10.0. The highest BCUT2D eigenvalue weighted by Gasteiger charge is 2.33. The molecule has 1 aromatic carbocycles. The third kappa shape index (κ3) is 2.48. The van der Waals surface area contributed by atoms with E-state index in [9.17, 15) is 4.79 Å². The topological polar surface area (TPSA) is 53.2 Å². The number of amides is 1. The van der Waals surface area contributed by atoms with Crippen molar-refractivity contribution in [2.75, 3.05) is 0 Å². The van der Waals surface area contributed by atoms with Crippen molar-refractivity contribution in [1.82, 2.24) is 16.2 Å². The average molecular weight is 231 g/mol. The molecule has 3 N–H and O–H groups in total. The third-order valence-electron chi connectivity index (χ3n) is 3.35. The summed E-state index contributed by atoms with van der Waals surface area (Å²) in [7, 11) is 0. The zero-order valence-electron chi connectivity index (χ0n) is 9.65. The fourth-order valence-electron chi connectivity index (χ4n) is 2.16. The van der Waals surface area contributed by atoms with Gasteiger partial charge in [0.15, 0.2) is 0 Å². The first kappa shape index (κ1) is 10.7. The van der Waals surface area contributed by atoms with Gasteiger partial charge in [-0.3, -0.25) is 4.79 Å². The lowest BCUT2D eigenvalue weighted by molar-refractivity contribution is -0.123. The van der Waals surface area contributed by atoms with Gasteiger partial charge in [-0.25, -0.2) is 10.9 Å². The number of carbonyl (C=O) groups excluding carboxylic acids is 1. The Kier molecular flexibility index (Phi) is 2.82. The minimum Gasteiger partial charge on any atom is -0.352 e. The summed E-state index contributed by atoms with van der Waals surface area (Å²) in [6.07, 6.45) is 3.07. The summed E-state index contributed by atoms with van der Waals surface area (Å²) in [4.78, 5) is 11.9. The molecule has 3 rings (SSSR count). The van der Waals surface area contributed by atoms with Crippen molar-refractivity contribution in [3.63, 3.8) is 0 Å². The predicted octanol–water partition coefficient (Wildman–Crippen LogP) is 0.873. The summed E-state index contributed by atoms with van der Waals surface area (Å²) < 4.78 is 0. The van der Waals surface area contributed by atoms with Crippen LogP contribution in [0.2, 0.25) is 0 Å². The van der Waals surface area contributed by atoms with Crippen LogP contribution in [0.5, 0.6) is 0 Å². The van der Waals surface area contributed by atoms with E-state index < -0.39 is 0 Å².